The Hall–Kier alpha value is -1.91. The van der Waals surface area contributed by atoms with E-state index in [9.17, 15) is 4.39 Å². The quantitative estimate of drug-likeness (QED) is 0.843. The first-order chi connectivity index (χ1) is 11.0. The molecule has 1 N–H and O–H groups in total. The van der Waals surface area contributed by atoms with Crippen LogP contribution in [0.15, 0.2) is 42.5 Å². The van der Waals surface area contributed by atoms with Gasteiger partial charge in [-0.15, -0.1) is 0 Å². The van der Waals surface area contributed by atoms with Gasteiger partial charge in [-0.2, -0.15) is 0 Å². The SMILES string of the molecule is CNC(C)c1ccc(F)c(-c2ccc(OCCN(C)C)cc2)c1. The Balaban J connectivity index is 2.15. The zero-order valence-corrected chi connectivity index (χ0v) is 14.3. The number of hydrogen-bond donors (Lipinski definition) is 1. The Morgan fingerprint density at radius 3 is 2.43 bits per heavy atom. The van der Waals surface area contributed by atoms with E-state index in [2.05, 4.69) is 17.1 Å². The molecule has 124 valence electrons. The van der Waals surface area contributed by atoms with Crippen molar-refractivity contribution in [2.45, 2.75) is 13.0 Å². The fraction of sp³-hybridized carbons (Fsp3) is 0.368. The number of hydrogen-bond acceptors (Lipinski definition) is 3. The molecular formula is C19H25FN2O. The summed E-state index contributed by atoms with van der Waals surface area (Å²) in [5.74, 6) is 0.592. The van der Waals surface area contributed by atoms with Crippen LogP contribution in [0.25, 0.3) is 11.1 Å². The first-order valence-corrected chi connectivity index (χ1v) is 7.86. The molecule has 0 heterocycles. The molecule has 0 amide bonds. The van der Waals surface area contributed by atoms with Gasteiger partial charge in [0, 0.05) is 18.2 Å². The first kappa shape index (κ1) is 17.4. The van der Waals surface area contributed by atoms with Gasteiger partial charge in [0.05, 0.1) is 0 Å². The van der Waals surface area contributed by atoms with Crippen LogP contribution in [0.4, 0.5) is 4.39 Å². The summed E-state index contributed by atoms with van der Waals surface area (Å²) in [5, 5.41) is 3.17. The van der Waals surface area contributed by atoms with Crippen LogP contribution >= 0.6 is 0 Å². The average Bonchev–Trinajstić information content (AvgIpc) is 2.55. The molecule has 1 unspecified atom stereocenters. The van der Waals surface area contributed by atoms with Crippen molar-refractivity contribution in [1.82, 2.24) is 10.2 Å². The van der Waals surface area contributed by atoms with Crippen LogP contribution in [0.5, 0.6) is 5.75 Å². The molecule has 2 aromatic carbocycles. The minimum absolute atomic E-state index is 0.183. The third kappa shape index (κ3) is 4.78. The largest absolute Gasteiger partial charge is 0.492 e. The van der Waals surface area contributed by atoms with Gasteiger partial charge < -0.3 is 15.0 Å². The zero-order valence-electron chi connectivity index (χ0n) is 14.3. The smallest absolute Gasteiger partial charge is 0.131 e. The van der Waals surface area contributed by atoms with E-state index in [0.717, 1.165) is 23.4 Å². The lowest BCUT2D eigenvalue weighted by Crippen LogP contribution is -2.19. The molecule has 1 atom stereocenters. The number of likely N-dealkylation sites (N-methyl/N-ethyl adjacent to an activating group) is 1. The summed E-state index contributed by atoms with van der Waals surface area (Å²) in [6.45, 7) is 3.55. The molecule has 2 rings (SSSR count). The topological polar surface area (TPSA) is 24.5 Å². The Morgan fingerprint density at radius 1 is 1.13 bits per heavy atom. The fourth-order valence-corrected chi connectivity index (χ4v) is 2.28. The molecular weight excluding hydrogens is 291 g/mol. The van der Waals surface area contributed by atoms with E-state index in [-0.39, 0.29) is 11.9 Å². The lowest BCUT2D eigenvalue weighted by atomic mass is 9.99. The number of nitrogens with zero attached hydrogens (tertiary/aromatic N) is 1. The summed E-state index contributed by atoms with van der Waals surface area (Å²) in [6, 6.07) is 13.0. The molecule has 0 aliphatic rings. The van der Waals surface area contributed by atoms with Gasteiger partial charge in [0.15, 0.2) is 0 Å². The molecule has 4 heteroatoms. The van der Waals surface area contributed by atoms with Gasteiger partial charge in [0.1, 0.15) is 18.2 Å². The third-order valence-electron chi connectivity index (χ3n) is 3.90. The highest BCUT2D eigenvalue weighted by Gasteiger charge is 2.10. The number of benzene rings is 2. The van der Waals surface area contributed by atoms with Gasteiger partial charge in [-0.05, 0) is 63.5 Å². The first-order valence-electron chi connectivity index (χ1n) is 7.86. The van der Waals surface area contributed by atoms with Gasteiger partial charge in [0.25, 0.3) is 0 Å². The molecule has 0 saturated carbocycles. The summed E-state index contributed by atoms with van der Waals surface area (Å²) in [6.07, 6.45) is 0. The van der Waals surface area contributed by atoms with E-state index in [0.29, 0.717) is 12.2 Å². The molecule has 0 spiro atoms. The number of rotatable bonds is 7. The molecule has 23 heavy (non-hydrogen) atoms. The molecule has 0 bridgehead atoms. The van der Waals surface area contributed by atoms with Gasteiger partial charge in [-0.25, -0.2) is 4.39 Å². The fourth-order valence-electron chi connectivity index (χ4n) is 2.28. The van der Waals surface area contributed by atoms with Crippen molar-refractivity contribution in [2.24, 2.45) is 0 Å². The van der Waals surface area contributed by atoms with E-state index < -0.39 is 0 Å². The summed E-state index contributed by atoms with van der Waals surface area (Å²) in [5.41, 5.74) is 2.53. The van der Waals surface area contributed by atoms with E-state index in [1.165, 1.54) is 6.07 Å². The maximum atomic E-state index is 14.2. The maximum Gasteiger partial charge on any atom is 0.131 e. The summed E-state index contributed by atoms with van der Waals surface area (Å²) in [7, 11) is 5.91. The molecule has 3 nitrogen and oxygen atoms in total. The Labute approximate surface area is 138 Å². The van der Waals surface area contributed by atoms with E-state index in [1.54, 1.807) is 0 Å². The lowest BCUT2D eigenvalue weighted by molar-refractivity contribution is 0.261. The molecule has 0 fully saturated rings. The van der Waals surface area contributed by atoms with Crippen molar-refractivity contribution in [3.05, 3.63) is 53.8 Å². The Kier molecular flexibility index (Phi) is 6.13. The second-order valence-corrected chi connectivity index (χ2v) is 5.93. The minimum atomic E-state index is -0.210. The molecule has 0 aromatic heterocycles. The van der Waals surface area contributed by atoms with Crippen molar-refractivity contribution in [3.8, 4) is 16.9 Å². The normalized spacial score (nSPS) is 12.4. The lowest BCUT2D eigenvalue weighted by Gasteiger charge is -2.14. The molecule has 0 saturated heterocycles. The predicted molar refractivity (Wildman–Crippen MR) is 93.4 cm³/mol. The molecule has 0 radical (unpaired) electrons. The van der Waals surface area contributed by atoms with Gasteiger partial charge in [-0.1, -0.05) is 18.2 Å². The van der Waals surface area contributed by atoms with E-state index in [1.807, 2.05) is 57.5 Å². The number of ether oxygens (including phenoxy) is 1. The number of halogens is 1. The predicted octanol–water partition coefficient (Wildman–Crippen LogP) is 3.71. The maximum absolute atomic E-state index is 14.2. The van der Waals surface area contributed by atoms with Gasteiger partial charge in [0.2, 0.25) is 0 Å². The van der Waals surface area contributed by atoms with Crippen molar-refractivity contribution in [1.29, 1.82) is 0 Å². The highest BCUT2D eigenvalue weighted by atomic mass is 19.1. The second kappa shape index (κ2) is 8.09. The van der Waals surface area contributed by atoms with Crippen LogP contribution in [0, 0.1) is 5.82 Å². The van der Waals surface area contributed by atoms with Crippen LogP contribution in [-0.2, 0) is 0 Å². The minimum Gasteiger partial charge on any atom is -0.492 e. The van der Waals surface area contributed by atoms with Crippen molar-refractivity contribution < 1.29 is 9.13 Å². The monoisotopic (exact) mass is 316 g/mol. The van der Waals surface area contributed by atoms with Gasteiger partial charge in [-0.3, -0.25) is 0 Å². The van der Waals surface area contributed by atoms with Crippen molar-refractivity contribution in [3.63, 3.8) is 0 Å². The molecule has 2 aromatic rings. The number of nitrogens with one attached hydrogen (secondary N) is 1. The second-order valence-electron chi connectivity index (χ2n) is 5.93. The summed E-state index contributed by atoms with van der Waals surface area (Å²) in [4.78, 5) is 2.07. The summed E-state index contributed by atoms with van der Waals surface area (Å²) >= 11 is 0. The van der Waals surface area contributed by atoms with Crippen LogP contribution in [0.1, 0.15) is 18.5 Å². The van der Waals surface area contributed by atoms with E-state index in [4.69, 9.17) is 4.74 Å². The van der Waals surface area contributed by atoms with Crippen LogP contribution in [-0.4, -0.2) is 39.2 Å². The average molecular weight is 316 g/mol. The standard InChI is InChI=1S/C19H25FN2O/c1-14(21-2)16-7-10-19(20)18(13-16)15-5-8-17(9-6-15)23-12-11-22(3)4/h5-10,13-14,21H,11-12H2,1-4H3. The highest BCUT2D eigenvalue weighted by Crippen LogP contribution is 2.27. The Morgan fingerprint density at radius 2 is 1.83 bits per heavy atom. The zero-order chi connectivity index (χ0) is 16.8. The molecule has 0 aliphatic carbocycles. The van der Waals surface area contributed by atoms with E-state index >= 15 is 0 Å². The highest BCUT2D eigenvalue weighted by molar-refractivity contribution is 5.65. The van der Waals surface area contributed by atoms with Gasteiger partial charge >= 0.3 is 0 Å². The van der Waals surface area contributed by atoms with Crippen molar-refractivity contribution >= 4 is 0 Å². The van der Waals surface area contributed by atoms with Crippen molar-refractivity contribution in [2.75, 3.05) is 34.3 Å². The Bertz CT molecular complexity index is 626. The van der Waals surface area contributed by atoms with Crippen LogP contribution < -0.4 is 10.1 Å². The molecule has 0 aliphatic heterocycles. The van der Waals surface area contributed by atoms with Crippen LogP contribution in [0.3, 0.4) is 0 Å². The third-order valence-corrected chi connectivity index (χ3v) is 3.90. The summed E-state index contributed by atoms with van der Waals surface area (Å²) < 4.78 is 19.8. The van der Waals surface area contributed by atoms with Crippen LogP contribution in [0.2, 0.25) is 0 Å².